The maximum atomic E-state index is 3.42. The molecule has 0 spiro atoms. The van der Waals surface area contributed by atoms with Crippen molar-refractivity contribution in [3.63, 3.8) is 0 Å². The molecule has 2 atom stereocenters. The first-order valence-corrected chi connectivity index (χ1v) is 7.85. The molecule has 3 nitrogen and oxygen atoms in total. The highest BCUT2D eigenvalue weighted by molar-refractivity contribution is 4.74. The third-order valence-electron chi connectivity index (χ3n) is 4.62. The van der Waals surface area contributed by atoms with E-state index in [9.17, 15) is 0 Å². The van der Waals surface area contributed by atoms with Crippen molar-refractivity contribution in [1.82, 2.24) is 15.1 Å². The average molecular weight is 253 g/mol. The highest BCUT2D eigenvalue weighted by Crippen LogP contribution is 2.28. The molecule has 1 saturated heterocycles. The topological polar surface area (TPSA) is 18.5 Å². The van der Waals surface area contributed by atoms with Crippen LogP contribution in [0.4, 0.5) is 0 Å². The predicted molar refractivity (Wildman–Crippen MR) is 77.9 cm³/mol. The Kier molecular flexibility index (Phi) is 5.93. The molecule has 0 radical (unpaired) electrons. The predicted octanol–water partition coefficient (Wildman–Crippen LogP) is 1.65. The van der Waals surface area contributed by atoms with Crippen molar-refractivity contribution in [2.75, 3.05) is 52.9 Å². The van der Waals surface area contributed by atoms with Gasteiger partial charge in [0.05, 0.1) is 0 Å². The van der Waals surface area contributed by atoms with E-state index in [2.05, 4.69) is 29.1 Å². The van der Waals surface area contributed by atoms with Gasteiger partial charge in [-0.15, -0.1) is 0 Å². The van der Waals surface area contributed by atoms with E-state index >= 15 is 0 Å². The van der Waals surface area contributed by atoms with Gasteiger partial charge < -0.3 is 10.2 Å². The van der Waals surface area contributed by atoms with Gasteiger partial charge in [0.1, 0.15) is 0 Å². The number of hydrogen-bond acceptors (Lipinski definition) is 3. The zero-order chi connectivity index (χ0) is 12.8. The first kappa shape index (κ1) is 14.3. The third kappa shape index (κ3) is 4.87. The van der Waals surface area contributed by atoms with Gasteiger partial charge in [-0.2, -0.15) is 0 Å². The Balaban J connectivity index is 1.60. The van der Waals surface area contributed by atoms with E-state index in [0.717, 1.165) is 11.8 Å². The van der Waals surface area contributed by atoms with Crippen LogP contribution in [0.3, 0.4) is 0 Å². The fourth-order valence-corrected chi connectivity index (χ4v) is 3.50. The summed E-state index contributed by atoms with van der Waals surface area (Å²) in [6.07, 6.45) is 5.83. The Morgan fingerprint density at radius 1 is 1.22 bits per heavy atom. The second-order valence-electron chi connectivity index (χ2n) is 6.49. The van der Waals surface area contributed by atoms with Crippen LogP contribution in [-0.4, -0.2) is 62.7 Å². The smallest absolute Gasteiger partial charge is 0.0110 e. The first-order chi connectivity index (χ1) is 8.74. The molecule has 0 amide bonds. The van der Waals surface area contributed by atoms with Gasteiger partial charge in [-0.05, 0) is 31.7 Å². The van der Waals surface area contributed by atoms with E-state index in [1.165, 1.54) is 71.5 Å². The van der Waals surface area contributed by atoms with E-state index < -0.39 is 0 Å². The minimum Gasteiger partial charge on any atom is -0.314 e. The number of nitrogens with zero attached hydrogens (tertiary/aromatic N) is 2. The summed E-state index contributed by atoms with van der Waals surface area (Å²) in [5.74, 6) is 1.92. The zero-order valence-corrected chi connectivity index (χ0v) is 12.3. The fraction of sp³-hybridized carbons (Fsp3) is 1.00. The molecule has 0 aromatic heterocycles. The van der Waals surface area contributed by atoms with Crippen LogP contribution in [0.2, 0.25) is 0 Å². The molecule has 0 aromatic rings. The molecule has 2 aliphatic rings. The summed E-state index contributed by atoms with van der Waals surface area (Å²) in [6, 6.07) is 0. The summed E-state index contributed by atoms with van der Waals surface area (Å²) < 4.78 is 0. The average Bonchev–Trinajstić information content (AvgIpc) is 2.38. The van der Waals surface area contributed by atoms with Gasteiger partial charge in [-0.1, -0.05) is 19.8 Å². The molecule has 2 unspecified atom stereocenters. The molecule has 1 heterocycles. The molecule has 2 rings (SSSR count). The molecule has 1 aliphatic heterocycles. The zero-order valence-electron chi connectivity index (χ0n) is 12.3. The summed E-state index contributed by atoms with van der Waals surface area (Å²) in [5.41, 5.74) is 0. The quantitative estimate of drug-likeness (QED) is 0.804. The number of piperazine rings is 1. The monoisotopic (exact) mass is 253 g/mol. The Labute approximate surface area is 113 Å². The highest BCUT2D eigenvalue weighted by atomic mass is 15.2. The Morgan fingerprint density at radius 2 is 2.00 bits per heavy atom. The number of hydrogen-bond donors (Lipinski definition) is 1. The van der Waals surface area contributed by atoms with Crippen LogP contribution >= 0.6 is 0 Å². The molecule has 2 fully saturated rings. The summed E-state index contributed by atoms with van der Waals surface area (Å²) in [7, 11) is 2.31. The number of rotatable bonds is 5. The summed E-state index contributed by atoms with van der Waals surface area (Å²) >= 11 is 0. The van der Waals surface area contributed by atoms with Crippen LogP contribution < -0.4 is 5.32 Å². The van der Waals surface area contributed by atoms with Crippen LogP contribution in [0.15, 0.2) is 0 Å². The molecule has 1 N–H and O–H groups in total. The number of nitrogens with one attached hydrogen (secondary N) is 1. The molecule has 0 bridgehead atoms. The van der Waals surface area contributed by atoms with E-state index in [0.29, 0.717) is 0 Å². The van der Waals surface area contributed by atoms with Crippen molar-refractivity contribution in [2.45, 2.75) is 32.6 Å². The van der Waals surface area contributed by atoms with Gasteiger partial charge in [-0.3, -0.25) is 4.90 Å². The van der Waals surface area contributed by atoms with Crippen molar-refractivity contribution in [3.8, 4) is 0 Å². The lowest BCUT2D eigenvalue weighted by Gasteiger charge is -2.32. The van der Waals surface area contributed by atoms with Crippen LogP contribution in [0.1, 0.15) is 32.6 Å². The third-order valence-corrected chi connectivity index (χ3v) is 4.62. The van der Waals surface area contributed by atoms with Crippen LogP contribution in [0.25, 0.3) is 0 Å². The highest BCUT2D eigenvalue weighted by Gasteiger charge is 2.20. The normalized spacial score (nSPS) is 30.8. The molecule has 1 saturated carbocycles. The van der Waals surface area contributed by atoms with Crippen LogP contribution in [0, 0.1) is 11.8 Å². The Hall–Kier alpha value is -0.120. The maximum absolute atomic E-state index is 3.42. The molecule has 1 aliphatic carbocycles. The van der Waals surface area contributed by atoms with Crippen molar-refractivity contribution in [3.05, 3.63) is 0 Å². The summed E-state index contributed by atoms with van der Waals surface area (Å²) in [4.78, 5) is 5.15. The molecule has 0 aromatic carbocycles. The standard InChI is InChI=1S/C15H31N3/c1-14-4-3-5-15(12-14)13-17(2)10-11-18-8-6-16-7-9-18/h14-16H,3-13H2,1-2H3. The Bertz CT molecular complexity index is 226. The Morgan fingerprint density at radius 3 is 2.72 bits per heavy atom. The maximum Gasteiger partial charge on any atom is 0.0110 e. The lowest BCUT2D eigenvalue weighted by Crippen LogP contribution is -2.46. The van der Waals surface area contributed by atoms with E-state index in [1.54, 1.807) is 0 Å². The molecule has 106 valence electrons. The van der Waals surface area contributed by atoms with Gasteiger partial charge in [0, 0.05) is 45.8 Å². The van der Waals surface area contributed by atoms with E-state index in [4.69, 9.17) is 0 Å². The van der Waals surface area contributed by atoms with Gasteiger partial charge >= 0.3 is 0 Å². The van der Waals surface area contributed by atoms with Gasteiger partial charge in [0.15, 0.2) is 0 Å². The lowest BCUT2D eigenvalue weighted by molar-refractivity contribution is 0.170. The minimum absolute atomic E-state index is 0.960. The van der Waals surface area contributed by atoms with Crippen LogP contribution in [-0.2, 0) is 0 Å². The second kappa shape index (κ2) is 7.46. The van der Waals surface area contributed by atoms with Gasteiger partial charge in [-0.25, -0.2) is 0 Å². The van der Waals surface area contributed by atoms with Crippen molar-refractivity contribution in [1.29, 1.82) is 0 Å². The molecular formula is C15H31N3. The largest absolute Gasteiger partial charge is 0.314 e. The van der Waals surface area contributed by atoms with Gasteiger partial charge in [0.25, 0.3) is 0 Å². The lowest BCUT2D eigenvalue weighted by atomic mass is 9.82. The first-order valence-electron chi connectivity index (χ1n) is 7.85. The van der Waals surface area contributed by atoms with Gasteiger partial charge in [0.2, 0.25) is 0 Å². The fourth-order valence-electron chi connectivity index (χ4n) is 3.50. The molecule has 18 heavy (non-hydrogen) atoms. The second-order valence-corrected chi connectivity index (χ2v) is 6.49. The van der Waals surface area contributed by atoms with Crippen LogP contribution in [0.5, 0.6) is 0 Å². The van der Waals surface area contributed by atoms with Crippen molar-refractivity contribution >= 4 is 0 Å². The minimum atomic E-state index is 0.960. The van der Waals surface area contributed by atoms with Crippen molar-refractivity contribution < 1.29 is 0 Å². The summed E-state index contributed by atoms with van der Waals surface area (Å²) in [6.45, 7) is 11.0. The van der Waals surface area contributed by atoms with Crippen molar-refractivity contribution in [2.24, 2.45) is 11.8 Å². The number of likely N-dealkylation sites (N-methyl/N-ethyl adjacent to an activating group) is 1. The SMILES string of the molecule is CC1CCCC(CN(C)CCN2CCNCC2)C1. The van der Waals surface area contributed by atoms with E-state index in [1.807, 2.05) is 0 Å². The van der Waals surface area contributed by atoms with E-state index in [-0.39, 0.29) is 0 Å². The molecular weight excluding hydrogens is 222 g/mol. The molecule has 3 heteroatoms. The summed E-state index contributed by atoms with van der Waals surface area (Å²) in [5, 5.41) is 3.42.